The van der Waals surface area contributed by atoms with Crippen LogP contribution in [0.1, 0.15) is 12.1 Å². The molecule has 1 atom stereocenters. The molecule has 2 aliphatic rings. The van der Waals surface area contributed by atoms with Crippen molar-refractivity contribution in [2.45, 2.75) is 12.8 Å². The number of carbonyl (C=O) groups excluding carboxylic acids is 1. The number of piperazine rings is 1. The lowest BCUT2D eigenvalue weighted by atomic mass is 10.0. The predicted molar refractivity (Wildman–Crippen MR) is 103 cm³/mol. The molecule has 2 fully saturated rings. The molecule has 0 spiro atoms. The summed E-state index contributed by atoms with van der Waals surface area (Å²) in [4.78, 5) is 32.2. The maximum Gasteiger partial charge on any atom is 0.236 e. The summed E-state index contributed by atoms with van der Waals surface area (Å²) < 4.78 is 0. The molecule has 0 aliphatic carbocycles. The Kier molecular flexibility index (Phi) is 5.58. The summed E-state index contributed by atoms with van der Waals surface area (Å²) in [5.41, 5.74) is 1.12. The maximum absolute atomic E-state index is 12.7. The van der Waals surface area contributed by atoms with Crippen LogP contribution in [0, 0.1) is 5.92 Å². The summed E-state index contributed by atoms with van der Waals surface area (Å²) in [5, 5.41) is 0. The Balaban J connectivity index is 1.22. The van der Waals surface area contributed by atoms with E-state index < -0.39 is 0 Å². The van der Waals surface area contributed by atoms with Gasteiger partial charge in [-0.25, -0.2) is 9.97 Å². The highest BCUT2D eigenvalue weighted by Crippen LogP contribution is 2.20. The Hall–Kier alpha value is -2.54. The van der Waals surface area contributed by atoms with Gasteiger partial charge in [-0.05, 0) is 37.0 Å². The van der Waals surface area contributed by atoms with Gasteiger partial charge < -0.3 is 9.80 Å². The van der Waals surface area contributed by atoms with Gasteiger partial charge in [0.25, 0.3) is 0 Å². The largest absolute Gasteiger partial charge is 0.341 e. The van der Waals surface area contributed by atoms with Crippen LogP contribution >= 0.6 is 0 Å². The molecule has 0 N–H and O–H groups in total. The van der Waals surface area contributed by atoms with Gasteiger partial charge >= 0.3 is 0 Å². The zero-order valence-corrected chi connectivity index (χ0v) is 15.6. The van der Waals surface area contributed by atoms with E-state index >= 15 is 0 Å². The number of pyridine rings is 1. The first-order chi connectivity index (χ1) is 13.3. The Morgan fingerprint density at radius 3 is 2.48 bits per heavy atom. The molecule has 0 bridgehead atoms. The van der Waals surface area contributed by atoms with Gasteiger partial charge in [-0.15, -0.1) is 0 Å². The third-order valence-corrected chi connectivity index (χ3v) is 5.43. The SMILES string of the molecule is O=C(CN1CCN(c2ncccn2)CC1)N1CCC(Cc2ccccn2)C1. The summed E-state index contributed by atoms with van der Waals surface area (Å²) in [6.45, 7) is 5.70. The van der Waals surface area contributed by atoms with Crippen LogP contribution in [0.25, 0.3) is 0 Å². The van der Waals surface area contributed by atoms with Crippen molar-refractivity contribution >= 4 is 11.9 Å². The van der Waals surface area contributed by atoms with Gasteiger partial charge in [0, 0.05) is 63.6 Å². The number of anilines is 1. The van der Waals surface area contributed by atoms with E-state index in [0.29, 0.717) is 12.5 Å². The standard InChI is InChI=1S/C20H26N6O/c27-19(26-9-5-17(15-26)14-18-4-1-2-6-21-18)16-24-10-12-25(13-11-24)20-22-7-3-8-23-20/h1-4,6-8,17H,5,9-16H2. The number of amides is 1. The first kappa shape index (κ1) is 17.9. The molecular weight excluding hydrogens is 340 g/mol. The zero-order chi connectivity index (χ0) is 18.5. The number of rotatable bonds is 5. The van der Waals surface area contributed by atoms with Crippen LogP contribution < -0.4 is 4.90 Å². The van der Waals surface area contributed by atoms with Crippen molar-refractivity contribution in [3.8, 4) is 0 Å². The second kappa shape index (κ2) is 8.43. The lowest BCUT2D eigenvalue weighted by molar-refractivity contribution is -0.131. The lowest BCUT2D eigenvalue weighted by Gasteiger charge is -2.34. The van der Waals surface area contributed by atoms with Crippen molar-refractivity contribution in [2.75, 3.05) is 50.7 Å². The van der Waals surface area contributed by atoms with Gasteiger partial charge in [0.1, 0.15) is 0 Å². The van der Waals surface area contributed by atoms with E-state index in [1.54, 1.807) is 12.4 Å². The van der Waals surface area contributed by atoms with Crippen LogP contribution in [-0.4, -0.2) is 76.5 Å². The van der Waals surface area contributed by atoms with Crippen molar-refractivity contribution in [3.05, 3.63) is 48.5 Å². The molecule has 142 valence electrons. The van der Waals surface area contributed by atoms with E-state index in [1.807, 2.05) is 29.3 Å². The van der Waals surface area contributed by atoms with Gasteiger partial charge in [-0.1, -0.05) is 6.07 Å². The molecule has 4 heterocycles. The topological polar surface area (TPSA) is 65.5 Å². The molecule has 0 radical (unpaired) electrons. The molecule has 7 heteroatoms. The fraction of sp³-hybridized carbons (Fsp3) is 0.500. The monoisotopic (exact) mass is 366 g/mol. The van der Waals surface area contributed by atoms with E-state index in [9.17, 15) is 4.79 Å². The van der Waals surface area contributed by atoms with Crippen LogP contribution in [0.2, 0.25) is 0 Å². The molecule has 1 amide bonds. The quantitative estimate of drug-likeness (QED) is 0.789. The molecule has 27 heavy (non-hydrogen) atoms. The summed E-state index contributed by atoms with van der Waals surface area (Å²) in [6, 6.07) is 7.87. The second-order valence-corrected chi connectivity index (χ2v) is 7.33. The van der Waals surface area contributed by atoms with Gasteiger partial charge in [0.2, 0.25) is 11.9 Å². The number of hydrogen-bond acceptors (Lipinski definition) is 6. The highest BCUT2D eigenvalue weighted by atomic mass is 16.2. The third kappa shape index (κ3) is 4.60. The number of carbonyl (C=O) groups is 1. The van der Waals surface area contributed by atoms with Crippen LogP contribution in [0.5, 0.6) is 0 Å². The molecule has 2 saturated heterocycles. The van der Waals surface area contributed by atoms with E-state index in [-0.39, 0.29) is 5.91 Å². The van der Waals surface area contributed by atoms with Crippen LogP contribution in [0.3, 0.4) is 0 Å². The number of aromatic nitrogens is 3. The highest BCUT2D eigenvalue weighted by Gasteiger charge is 2.28. The van der Waals surface area contributed by atoms with Gasteiger partial charge in [-0.2, -0.15) is 0 Å². The first-order valence-corrected chi connectivity index (χ1v) is 9.70. The average molecular weight is 366 g/mol. The van der Waals surface area contributed by atoms with E-state index in [4.69, 9.17) is 0 Å². The number of likely N-dealkylation sites (tertiary alicyclic amines) is 1. The molecule has 2 aliphatic heterocycles. The van der Waals surface area contributed by atoms with E-state index in [2.05, 4.69) is 30.8 Å². The smallest absolute Gasteiger partial charge is 0.236 e. The van der Waals surface area contributed by atoms with E-state index in [0.717, 1.165) is 63.8 Å². The second-order valence-electron chi connectivity index (χ2n) is 7.33. The number of nitrogens with zero attached hydrogens (tertiary/aromatic N) is 6. The average Bonchev–Trinajstić information content (AvgIpc) is 3.19. The van der Waals surface area contributed by atoms with Gasteiger partial charge in [0.15, 0.2) is 0 Å². The van der Waals surface area contributed by atoms with Gasteiger partial charge in [0.05, 0.1) is 6.54 Å². The lowest BCUT2D eigenvalue weighted by Crippen LogP contribution is -2.50. The molecule has 0 saturated carbocycles. The minimum Gasteiger partial charge on any atom is -0.341 e. The van der Waals surface area contributed by atoms with E-state index in [1.165, 1.54) is 0 Å². The summed E-state index contributed by atoms with van der Waals surface area (Å²) in [7, 11) is 0. The minimum absolute atomic E-state index is 0.253. The zero-order valence-electron chi connectivity index (χ0n) is 15.6. The maximum atomic E-state index is 12.7. The molecule has 1 unspecified atom stereocenters. The Morgan fingerprint density at radius 2 is 1.74 bits per heavy atom. The normalized spacial score (nSPS) is 20.8. The number of hydrogen-bond donors (Lipinski definition) is 0. The van der Waals surface area contributed by atoms with Crippen molar-refractivity contribution < 1.29 is 4.79 Å². The third-order valence-electron chi connectivity index (χ3n) is 5.43. The fourth-order valence-electron chi connectivity index (χ4n) is 3.89. The van der Waals surface area contributed by atoms with Crippen molar-refractivity contribution in [2.24, 2.45) is 5.92 Å². The van der Waals surface area contributed by atoms with Gasteiger partial charge in [-0.3, -0.25) is 14.7 Å². The summed E-state index contributed by atoms with van der Waals surface area (Å²) in [6.07, 6.45) is 7.41. The predicted octanol–water partition coefficient (Wildman–Crippen LogP) is 1.08. The van der Waals surface area contributed by atoms with Crippen LogP contribution in [0.15, 0.2) is 42.9 Å². The molecule has 7 nitrogen and oxygen atoms in total. The summed E-state index contributed by atoms with van der Waals surface area (Å²) in [5.74, 6) is 1.55. The fourth-order valence-corrected chi connectivity index (χ4v) is 3.89. The Labute approximate surface area is 160 Å². The van der Waals surface area contributed by atoms with Crippen molar-refractivity contribution in [1.82, 2.24) is 24.8 Å². The molecule has 0 aromatic carbocycles. The summed E-state index contributed by atoms with van der Waals surface area (Å²) >= 11 is 0. The van der Waals surface area contributed by atoms with Crippen molar-refractivity contribution in [1.29, 1.82) is 0 Å². The molecule has 2 aromatic rings. The Morgan fingerprint density at radius 1 is 0.963 bits per heavy atom. The highest BCUT2D eigenvalue weighted by molar-refractivity contribution is 5.78. The minimum atomic E-state index is 0.253. The van der Waals surface area contributed by atoms with Crippen LogP contribution in [-0.2, 0) is 11.2 Å². The molecular formula is C20H26N6O. The van der Waals surface area contributed by atoms with Crippen LogP contribution in [0.4, 0.5) is 5.95 Å². The molecule has 4 rings (SSSR count). The molecule has 2 aromatic heterocycles. The Bertz CT molecular complexity index is 733. The first-order valence-electron chi connectivity index (χ1n) is 9.70. The van der Waals surface area contributed by atoms with Crippen molar-refractivity contribution in [3.63, 3.8) is 0 Å².